The normalized spacial score (nSPS) is 10.7. The second-order valence-corrected chi connectivity index (χ2v) is 5.77. The van der Waals surface area contributed by atoms with Crippen molar-refractivity contribution in [3.63, 3.8) is 0 Å². The molecule has 5 heteroatoms. The third-order valence-electron chi connectivity index (χ3n) is 2.99. The van der Waals surface area contributed by atoms with Gasteiger partial charge in [0, 0.05) is 3.57 Å². The van der Waals surface area contributed by atoms with Crippen molar-refractivity contribution in [2.24, 2.45) is 0 Å². The number of benzene rings is 2. The molecule has 0 fully saturated rings. The van der Waals surface area contributed by atoms with Gasteiger partial charge in [0.25, 0.3) is 5.91 Å². The van der Waals surface area contributed by atoms with Crippen LogP contribution < -0.4 is 10.1 Å². The number of para-hydroxylation sites is 1. The number of nitriles is 1. The average molecular weight is 418 g/mol. The molecule has 2 rings (SSSR count). The number of nitrogens with one attached hydrogen (secondary N) is 1. The number of nitrogens with zero attached hydrogens (tertiary/aromatic N) is 1. The Morgan fingerprint density at radius 1 is 1.26 bits per heavy atom. The number of amides is 1. The topological polar surface area (TPSA) is 62.1 Å². The summed E-state index contributed by atoms with van der Waals surface area (Å²) in [6.07, 6.45) is 1.56. The smallest absolute Gasteiger partial charge is 0.266 e. The monoisotopic (exact) mass is 418 g/mol. The summed E-state index contributed by atoms with van der Waals surface area (Å²) in [7, 11) is 0. The lowest BCUT2D eigenvalue weighted by Crippen LogP contribution is -2.14. The van der Waals surface area contributed by atoms with Gasteiger partial charge in [-0.25, -0.2) is 0 Å². The van der Waals surface area contributed by atoms with Crippen LogP contribution in [0.3, 0.4) is 0 Å². The SMILES string of the molecule is CCOc1ccc(/C=C(/C#N)C(=O)Nc2ccccc2I)cc1. The average Bonchev–Trinajstić information content (AvgIpc) is 2.56. The van der Waals surface area contributed by atoms with Crippen molar-refractivity contribution in [1.82, 2.24) is 0 Å². The van der Waals surface area contributed by atoms with Crippen molar-refractivity contribution in [3.8, 4) is 11.8 Å². The second kappa shape index (κ2) is 8.34. The van der Waals surface area contributed by atoms with Crippen LogP contribution in [0, 0.1) is 14.9 Å². The van der Waals surface area contributed by atoms with E-state index < -0.39 is 5.91 Å². The number of hydrogen-bond acceptors (Lipinski definition) is 3. The Labute approximate surface area is 148 Å². The highest BCUT2D eigenvalue weighted by molar-refractivity contribution is 14.1. The van der Waals surface area contributed by atoms with Gasteiger partial charge in [0.15, 0.2) is 0 Å². The van der Waals surface area contributed by atoms with Crippen LogP contribution in [-0.2, 0) is 4.79 Å². The van der Waals surface area contributed by atoms with Gasteiger partial charge in [-0.1, -0.05) is 24.3 Å². The summed E-state index contributed by atoms with van der Waals surface area (Å²) in [6, 6.07) is 16.6. The van der Waals surface area contributed by atoms with E-state index in [-0.39, 0.29) is 5.57 Å². The molecule has 1 N–H and O–H groups in total. The highest BCUT2D eigenvalue weighted by atomic mass is 127. The zero-order valence-corrected chi connectivity index (χ0v) is 14.7. The van der Waals surface area contributed by atoms with Crippen molar-refractivity contribution >= 4 is 40.3 Å². The summed E-state index contributed by atoms with van der Waals surface area (Å²) >= 11 is 2.13. The molecule has 23 heavy (non-hydrogen) atoms. The van der Waals surface area contributed by atoms with E-state index in [0.717, 1.165) is 14.9 Å². The quantitative estimate of drug-likeness (QED) is 0.449. The summed E-state index contributed by atoms with van der Waals surface area (Å²) in [4.78, 5) is 12.2. The number of anilines is 1. The van der Waals surface area contributed by atoms with Crippen molar-refractivity contribution in [2.45, 2.75) is 6.92 Å². The first-order chi connectivity index (χ1) is 11.1. The highest BCUT2D eigenvalue weighted by Crippen LogP contribution is 2.19. The van der Waals surface area contributed by atoms with Gasteiger partial charge in [0.2, 0.25) is 0 Å². The Kier molecular flexibility index (Phi) is 6.18. The molecule has 4 nitrogen and oxygen atoms in total. The second-order valence-electron chi connectivity index (χ2n) is 4.61. The molecule has 0 saturated carbocycles. The van der Waals surface area contributed by atoms with Crippen molar-refractivity contribution in [1.29, 1.82) is 5.26 Å². The fourth-order valence-corrected chi connectivity index (χ4v) is 2.42. The summed E-state index contributed by atoms with van der Waals surface area (Å²) in [5.41, 5.74) is 1.50. The molecule has 1 amide bonds. The molecule has 0 radical (unpaired) electrons. The molecule has 2 aromatic rings. The van der Waals surface area contributed by atoms with E-state index in [9.17, 15) is 10.1 Å². The zero-order valence-electron chi connectivity index (χ0n) is 12.5. The first-order valence-corrected chi connectivity index (χ1v) is 8.12. The molecule has 0 saturated heterocycles. The van der Waals surface area contributed by atoms with Gasteiger partial charge in [-0.2, -0.15) is 5.26 Å². The van der Waals surface area contributed by atoms with Crippen LogP contribution in [0.4, 0.5) is 5.69 Å². The minimum absolute atomic E-state index is 0.0498. The number of halogens is 1. The van der Waals surface area contributed by atoms with E-state index in [0.29, 0.717) is 12.3 Å². The van der Waals surface area contributed by atoms with E-state index >= 15 is 0 Å². The number of rotatable bonds is 5. The molecule has 0 aliphatic carbocycles. The van der Waals surface area contributed by atoms with Crippen LogP contribution in [0.25, 0.3) is 6.08 Å². The molecule has 0 spiro atoms. The fraction of sp³-hybridized carbons (Fsp3) is 0.111. The minimum Gasteiger partial charge on any atom is -0.494 e. The predicted octanol–water partition coefficient (Wildman–Crippen LogP) is 4.24. The Bertz CT molecular complexity index is 761. The van der Waals surface area contributed by atoms with E-state index in [2.05, 4.69) is 27.9 Å². The molecule has 2 aromatic carbocycles. The van der Waals surface area contributed by atoms with Crippen LogP contribution in [0.15, 0.2) is 54.1 Å². The third kappa shape index (κ3) is 4.83. The molecule has 116 valence electrons. The molecule has 0 unspecified atom stereocenters. The maximum atomic E-state index is 12.2. The van der Waals surface area contributed by atoms with Crippen LogP contribution in [0.1, 0.15) is 12.5 Å². The van der Waals surface area contributed by atoms with E-state index in [4.69, 9.17) is 4.74 Å². The summed E-state index contributed by atoms with van der Waals surface area (Å²) < 4.78 is 6.28. The van der Waals surface area contributed by atoms with Gasteiger partial charge >= 0.3 is 0 Å². The lowest BCUT2D eigenvalue weighted by atomic mass is 10.1. The van der Waals surface area contributed by atoms with E-state index in [1.165, 1.54) is 0 Å². The van der Waals surface area contributed by atoms with Gasteiger partial charge in [-0.3, -0.25) is 4.79 Å². The molecule has 0 atom stereocenters. The lowest BCUT2D eigenvalue weighted by molar-refractivity contribution is -0.112. The number of carbonyl (C=O) groups is 1. The van der Waals surface area contributed by atoms with Gasteiger partial charge in [0.1, 0.15) is 17.4 Å². The van der Waals surface area contributed by atoms with Gasteiger partial charge < -0.3 is 10.1 Å². The molecule has 0 bridgehead atoms. The Morgan fingerprint density at radius 2 is 1.96 bits per heavy atom. The third-order valence-corrected chi connectivity index (χ3v) is 3.93. The molecule has 0 aliphatic rings. The summed E-state index contributed by atoms with van der Waals surface area (Å²) in [5.74, 6) is 0.331. The van der Waals surface area contributed by atoms with Crippen LogP contribution in [-0.4, -0.2) is 12.5 Å². The van der Waals surface area contributed by atoms with Crippen LogP contribution in [0.2, 0.25) is 0 Å². The highest BCUT2D eigenvalue weighted by Gasteiger charge is 2.11. The Balaban J connectivity index is 2.16. The maximum Gasteiger partial charge on any atom is 0.266 e. The molecule has 0 heterocycles. The molecule has 0 aliphatic heterocycles. The predicted molar refractivity (Wildman–Crippen MR) is 99.0 cm³/mol. The van der Waals surface area contributed by atoms with Crippen LogP contribution >= 0.6 is 22.6 Å². The standard InChI is InChI=1S/C18H15IN2O2/c1-2-23-15-9-7-13(8-10-15)11-14(12-20)18(22)21-17-6-4-3-5-16(17)19/h3-11H,2H2,1H3,(H,21,22)/b14-11-. The van der Waals surface area contributed by atoms with Crippen LogP contribution in [0.5, 0.6) is 5.75 Å². The minimum atomic E-state index is -0.425. The molecular formula is C18H15IN2O2. The van der Waals surface area contributed by atoms with Gasteiger partial charge in [0.05, 0.1) is 12.3 Å². The number of carbonyl (C=O) groups excluding carboxylic acids is 1. The number of ether oxygens (including phenoxy) is 1. The first-order valence-electron chi connectivity index (χ1n) is 7.04. The summed E-state index contributed by atoms with van der Waals surface area (Å²) in [5, 5.41) is 12.0. The van der Waals surface area contributed by atoms with Crippen molar-refractivity contribution in [3.05, 3.63) is 63.2 Å². The summed E-state index contributed by atoms with van der Waals surface area (Å²) in [6.45, 7) is 2.51. The van der Waals surface area contributed by atoms with Crippen molar-refractivity contribution in [2.75, 3.05) is 11.9 Å². The molecular weight excluding hydrogens is 403 g/mol. The maximum absolute atomic E-state index is 12.2. The van der Waals surface area contributed by atoms with E-state index in [1.807, 2.05) is 55.5 Å². The van der Waals surface area contributed by atoms with Crippen molar-refractivity contribution < 1.29 is 9.53 Å². The van der Waals surface area contributed by atoms with Gasteiger partial charge in [-0.05, 0) is 65.4 Å². The zero-order chi connectivity index (χ0) is 16.7. The fourth-order valence-electron chi connectivity index (χ4n) is 1.89. The Morgan fingerprint density at radius 3 is 2.57 bits per heavy atom. The lowest BCUT2D eigenvalue weighted by Gasteiger charge is -2.06. The Hall–Kier alpha value is -2.33. The first kappa shape index (κ1) is 17.0. The molecule has 0 aromatic heterocycles. The largest absolute Gasteiger partial charge is 0.494 e. The number of hydrogen-bond donors (Lipinski definition) is 1. The van der Waals surface area contributed by atoms with Gasteiger partial charge in [-0.15, -0.1) is 0 Å². The van der Waals surface area contributed by atoms with E-state index in [1.54, 1.807) is 12.1 Å².